The van der Waals surface area contributed by atoms with E-state index in [0.29, 0.717) is 28.3 Å². The van der Waals surface area contributed by atoms with E-state index in [-0.39, 0.29) is 11.8 Å². The molecule has 1 aliphatic heterocycles. The molecule has 0 spiro atoms. The van der Waals surface area contributed by atoms with Gasteiger partial charge in [0.1, 0.15) is 17.2 Å². The average molecular weight is 428 g/mol. The van der Waals surface area contributed by atoms with Crippen molar-refractivity contribution >= 4 is 28.8 Å². The summed E-state index contributed by atoms with van der Waals surface area (Å²) in [6, 6.07) is 23.3. The number of carbonyl (C=O) groups is 2. The zero-order valence-corrected chi connectivity index (χ0v) is 18.2. The summed E-state index contributed by atoms with van der Waals surface area (Å²) >= 11 is 0. The number of hydrogen-bond donors (Lipinski definition) is 1. The molecule has 3 aromatic rings. The Balaban J connectivity index is 1.73. The molecule has 0 radical (unpaired) electrons. The fourth-order valence-electron chi connectivity index (χ4n) is 3.54. The molecule has 4 rings (SSSR count). The summed E-state index contributed by atoms with van der Waals surface area (Å²) in [5, 5.41) is 3.16. The van der Waals surface area contributed by atoms with E-state index in [1.807, 2.05) is 68.4 Å². The molecule has 0 saturated carbocycles. The molecule has 1 N–H and O–H groups in total. The first-order chi connectivity index (χ1) is 15.5. The Morgan fingerprint density at radius 3 is 2.19 bits per heavy atom. The summed E-state index contributed by atoms with van der Waals surface area (Å²) in [5.41, 5.74) is 2.34. The van der Waals surface area contributed by atoms with Gasteiger partial charge in [0.25, 0.3) is 11.8 Å². The second kappa shape index (κ2) is 8.98. The lowest BCUT2D eigenvalue weighted by Gasteiger charge is -2.16. The van der Waals surface area contributed by atoms with Gasteiger partial charge in [-0.15, -0.1) is 0 Å². The van der Waals surface area contributed by atoms with Crippen molar-refractivity contribution in [3.63, 3.8) is 0 Å². The molecule has 1 heterocycles. The maximum Gasteiger partial charge on any atom is 0.282 e. The fourth-order valence-corrected chi connectivity index (χ4v) is 3.54. The van der Waals surface area contributed by atoms with Crippen molar-refractivity contribution < 1.29 is 19.1 Å². The molecule has 6 heteroatoms. The van der Waals surface area contributed by atoms with Gasteiger partial charge in [-0.2, -0.15) is 0 Å². The fraction of sp³-hybridized carbons (Fsp3) is 0.154. The molecule has 0 unspecified atom stereocenters. The number of carbonyl (C=O) groups excluding carboxylic acids is 2. The van der Waals surface area contributed by atoms with Crippen LogP contribution in [0.25, 0.3) is 5.57 Å². The van der Waals surface area contributed by atoms with E-state index in [1.54, 1.807) is 31.4 Å². The Morgan fingerprint density at radius 2 is 1.53 bits per heavy atom. The predicted octanol–water partition coefficient (Wildman–Crippen LogP) is 4.88. The maximum atomic E-state index is 13.4. The van der Waals surface area contributed by atoms with E-state index < -0.39 is 11.8 Å². The Hall–Kier alpha value is -4.06. The van der Waals surface area contributed by atoms with Crippen LogP contribution in [0.5, 0.6) is 11.5 Å². The number of imide groups is 1. The molecule has 1 aliphatic rings. The summed E-state index contributed by atoms with van der Waals surface area (Å²) in [4.78, 5) is 28.0. The van der Waals surface area contributed by atoms with Gasteiger partial charge in [-0.1, -0.05) is 36.4 Å². The van der Waals surface area contributed by atoms with Gasteiger partial charge < -0.3 is 14.8 Å². The number of rotatable bonds is 7. The number of nitrogens with one attached hydrogen (secondary N) is 1. The zero-order chi connectivity index (χ0) is 22.7. The van der Waals surface area contributed by atoms with Crippen LogP contribution in [-0.2, 0) is 9.59 Å². The Bertz CT molecular complexity index is 1170. The first kappa shape index (κ1) is 21.2. The molecule has 0 aromatic heterocycles. The molecule has 0 aliphatic carbocycles. The lowest BCUT2D eigenvalue weighted by Crippen LogP contribution is -2.32. The first-order valence-electron chi connectivity index (χ1n) is 10.3. The SMILES string of the molecule is COc1cccc(N2C(=O)C(Nc3ccc(OC(C)C)cc3)=C(c3ccccc3)C2=O)c1. The van der Waals surface area contributed by atoms with Gasteiger partial charge in [0.05, 0.1) is 24.5 Å². The lowest BCUT2D eigenvalue weighted by atomic mass is 10.0. The number of hydrogen-bond acceptors (Lipinski definition) is 5. The summed E-state index contributed by atoms with van der Waals surface area (Å²) in [6.45, 7) is 3.91. The van der Waals surface area contributed by atoms with Crippen LogP contribution in [0.4, 0.5) is 11.4 Å². The van der Waals surface area contributed by atoms with Gasteiger partial charge in [0, 0.05) is 11.8 Å². The molecular formula is C26H24N2O4. The summed E-state index contributed by atoms with van der Waals surface area (Å²) in [6.07, 6.45) is 0.0617. The Labute approximate surface area is 187 Å². The second-order valence-electron chi connectivity index (χ2n) is 7.58. The highest BCUT2D eigenvalue weighted by Gasteiger charge is 2.40. The molecule has 162 valence electrons. The van der Waals surface area contributed by atoms with Crippen molar-refractivity contribution in [3.05, 3.63) is 90.1 Å². The van der Waals surface area contributed by atoms with Gasteiger partial charge in [-0.3, -0.25) is 9.59 Å². The van der Waals surface area contributed by atoms with Crippen LogP contribution in [0, 0.1) is 0 Å². The standard InChI is InChI=1S/C26H24N2O4/c1-17(2)32-21-14-12-19(13-15-21)27-24-23(18-8-5-4-6-9-18)25(29)28(26(24)30)20-10-7-11-22(16-20)31-3/h4-17,27H,1-3H3. The summed E-state index contributed by atoms with van der Waals surface area (Å²) in [7, 11) is 1.54. The van der Waals surface area contributed by atoms with Gasteiger partial charge in [-0.25, -0.2) is 4.90 Å². The lowest BCUT2D eigenvalue weighted by molar-refractivity contribution is -0.120. The van der Waals surface area contributed by atoms with E-state index in [2.05, 4.69) is 5.32 Å². The smallest absolute Gasteiger partial charge is 0.282 e. The van der Waals surface area contributed by atoms with Crippen LogP contribution in [-0.4, -0.2) is 25.0 Å². The number of amides is 2. The first-order valence-corrected chi connectivity index (χ1v) is 10.3. The molecule has 2 amide bonds. The van der Waals surface area contributed by atoms with Crippen molar-refractivity contribution in [3.8, 4) is 11.5 Å². The third-order valence-electron chi connectivity index (χ3n) is 4.95. The normalized spacial score (nSPS) is 13.7. The van der Waals surface area contributed by atoms with Gasteiger partial charge in [-0.05, 0) is 55.8 Å². The van der Waals surface area contributed by atoms with Crippen LogP contribution in [0.1, 0.15) is 19.4 Å². The zero-order valence-electron chi connectivity index (χ0n) is 18.2. The van der Waals surface area contributed by atoms with E-state index >= 15 is 0 Å². The Morgan fingerprint density at radius 1 is 0.812 bits per heavy atom. The number of ether oxygens (including phenoxy) is 2. The number of methoxy groups -OCH3 is 1. The largest absolute Gasteiger partial charge is 0.497 e. The van der Waals surface area contributed by atoms with Crippen LogP contribution in [0.2, 0.25) is 0 Å². The van der Waals surface area contributed by atoms with Crippen LogP contribution < -0.4 is 19.7 Å². The van der Waals surface area contributed by atoms with Gasteiger partial charge in [0.2, 0.25) is 0 Å². The average Bonchev–Trinajstić information content (AvgIpc) is 3.04. The predicted molar refractivity (Wildman–Crippen MR) is 125 cm³/mol. The highest BCUT2D eigenvalue weighted by atomic mass is 16.5. The van der Waals surface area contributed by atoms with Gasteiger partial charge in [0.15, 0.2) is 0 Å². The third kappa shape index (κ3) is 4.21. The molecule has 0 bridgehead atoms. The molecule has 0 fully saturated rings. The monoisotopic (exact) mass is 428 g/mol. The number of anilines is 2. The minimum Gasteiger partial charge on any atom is -0.497 e. The van der Waals surface area contributed by atoms with Gasteiger partial charge >= 0.3 is 0 Å². The topological polar surface area (TPSA) is 67.9 Å². The number of nitrogens with zero attached hydrogens (tertiary/aromatic N) is 1. The molecule has 3 aromatic carbocycles. The van der Waals surface area contributed by atoms with E-state index in [0.717, 1.165) is 5.75 Å². The second-order valence-corrected chi connectivity index (χ2v) is 7.58. The number of benzene rings is 3. The minimum absolute atomic E-state index is 0.0617. The van der Waals surface area contributed by atoms with E-state index in [4.69, 9.17) is 9.47 Å². The van der Waals surface area contributed by atoms with Crippen molar-refractivity contribution in [2.75, 3.05) is 17.3 Å². The van der Waals surface area contributed by atoms with Crippen molar-refractivity contribution in [2.45, 2.75) is 20.0 Å². The Kier molecular flexibility index (Phi) is 5.94. The summed E-state index contributed by atoms with van der Waals surface area (Å²) in [5.74, 6) is 0.475. The minimum atomic E-state index is -0.426. The molecule has 6 nitrogen and oxygen atoms in total. The summed E-state index contributed by atoms with van der Waals surface area (Å²) < 4.78 is 11.0. The van der Waals surface area contributed by atoms with Crippen molar-refractivity contribution in [1.29, 1.82) is 0 Å². The highest BCUT2D eigenvalue weighted by molar-refractivity contribution is 6.46. The molecule has 0 atom stereocenters. The van der Waals surface area contributed by atoms with Crippen LogP contribution in [0.3, 0.4) is 0 Å². The quantitative estimate of drug-likeness (QED) is 0.544. The highest BCUT2D eigenvalue weighted by Crippen LogP contribution is 2.35. The molecule has 32 heavy (non-hydrogen) atoms. The maximum absolute atomic E-state index is 13.4. The third-order valence-corrected chi connectivity index (χ3v) is 4.95. The van der Waals surface area contributed by atoms with Crippen molar-refractivity contribution in [1.82, 2.24) is 0 Å². The van der Waals surface area contributed by atoms with Crippen LogP contribution in [0.15, 0.2) is 84.6 Å². The molecular weight excluding hydrogens is 404 g/mol. The van der Waals surface area contributed by atoms with E-state index in [1.165, 1.54) is 4.90 Å². The molecule has 0 saturated heterocycles. The van der Waals surface area contributed by atoms with Crippen molar-refractivity contribution in [2.24, 2.45) is 0 Å². The van der Waals surface area contributed by atoms with E-state index in [9.17, 15) is 9.59 Å². The van der Waals surface area contributed by atoms with Crippen LogP contribution >= 0.6 is 0 Å².